The fourth-order valence-electron chi connectivity index (χ4n) is 3.36. The van der Waals surface area contributed by atoms with E-state index in [2.05, 4.69) is 15.3 Å². The summed E-state index contributed by atoms with van der Waals surface area (Å²) in [4.78, 5) is 35.3. The molecule has 2 aromatic heterocycles. The first-order valence-corrected chi connectivity index (χ1v) is 9.57. The Balaban J connectivity index is 1.55. The molecular weight excluding hydrogens is 346 g/mol. The summed E-state index contributed by atoms with van der Waals surface area (Å²) >= 11 is 0. The first-order valence-electron chi connectivity index (χ1n) is 9.57. The lowest BCUT2D eigenvalue weighted by Gasteiger charge is -2.32. The van der Waals surface area contributed by atoms with E-state index < -0.39 is 0 Å². The summed E-state index contributed by atoms with van der Waals surface area (Å²) in [7, 11) is 0. The van der Waals surface area contributed by atoms with Crippen LogP contribution in [0.15, 0.2) is 24.7 Å². The van der Waals surface area contributed by atoms with Gasteiger partial charge >= 0.3 is 0 Å². The summed E-state index contributed by atoms with van der Waals surface area (Å²) in [5, 5.41) is 3.12. The van der Waals surface area contributed by atoms with Gasteiger partial charge in [0.1, 0.15) is 6.61 Å². The highest BCUT2D eigenvalue weighted by atomic mass is 16.5. The quantitative estimate of drug-likeness (QED) is 0.796. The molecule has 3 heterocycles. The van der Waals surface area contributed by atoms with E-state index in [4.69, 9.17) is 4.74 Å². The highest BCUT2D eigenvalue weighted by Gasteiger charge is 2.29. The Kier molecular flexibility index (Phi) is 6.39. The number of carbonyl (C=O) groups is 2. The lowest BCUT2D eigenvalue weighted by atomic mass is 9.95. The van der Waals surface area contributed by atoms with Gasteiger partial charge in [0.15, 0.2) is 0 Å². The first-order chi connectivity index (χ1) is 13.1. The summed E-state index contributed by atoms with van der Waals surface area (Å²) < 4.78 is 7.03. The minimum Gasteiger partial charge on any atom is -0.372 e. The molecule has 0 aromatic carbocycles. The van der Waals surface area contributed by atoms with Gasteiger partial charge in [-0.05, 0) is 32.3 Å². The predicted molar refractivity (Wildman–Crippen MR) is 100.0 cm³/mol. The van der Waals surface area contributed by atoms with Crippen molar-refractivity contribution in [2.75, 3.05) is 26.3 Å². The fourth-order valence-corrected chi connectivity index (χ4v) is 3.36. The number of fused-ring (bicyclic) bond motifs is 1. The Bertz CT molecular complexity index is 749. The molecule has 146 valence electrons. The van der Waals surface area contributed by atoms with Gasteiger partial charge in [-0.1, -0.05) is 6.92 Å². The molecule has 2 amide bonds. The normalized spacial score (nSPS) is 16.4. The molecule has 1 fully saturated rings. The molecule has 1 aliphatic rings. The topological polar surface area (TPSA) is 88.8 Å². The number of likely N-dealkylation sites (tertiary alicyclic amines) is 1. The lowest BCUT2D eigenvalue weighted by Crippen LogP contribution is -2.44. The molecular formula is C19H27N5O3. The summed E-state index contributed by atoms with van der Waals surface area (Å²) in [6.07, 6.45) is 7.60. The van der Waals surface area contributed by atoms with Gasteiger partial charge in [0.05, 0.1) is 11.7 Å². The molecule has 8 heteroatoms. The summed E-state index contributed by atoms with van der Waals surface area (Å²) in [6, 6.07) is 1.70. The van der Waals surface area contributed by atoms with Crippen LogP contribution in [-0.4, -0.2) is 57.4 Å². The molecule has 1 saturated heterocycles. The summed E-state index contributed by atoms with van der Waals surface area (Å²) in [5.74, 6) is 0.579. The molecule has 0 aliphatic carbocycles. The summed E-state index contributed by atoms with van der Waals surface area (Å²) in [6.45, 7) is 5.73. The minimum absolute atomic E-state index is 0.000608. The summed E-state index contributed by atoms with van der Waals surface area (Å²) in [5.41, 5.74) is 0.814. The number of carbonyl (C=O) groups excluding carboxylic acids is 2. The first kappa shape index (κ1) is 19.3. The van der Waals surface area contributed by atoms with Crippen molar-refractivity contribution in [1.82, 2.24) is 24.6 Å². The predicted octanol–water partition coefficient (Wildman–Crippen LogP) is 1.57. The Morgan fingerprint density at radius 3 is 2.78 bits per heavy atom. The molecule has 1 atom stereocenters. The van der Waals surface area contributed by atoms with E-state index in [1.165, 1.54) is 0 Å². The number of aromatic nitrogens is 3. The van der Waals surface area contributed by atoms with Crippen LogP contribution in [0.3, 0.4) is 0 Å². The smallest absolute Gasteiger partial charge is 0.248 e. The average molecular weight is 373 g/mol. The molecule has 0 saturated carbocycles. The van der Waals surface area contributed by atoms with E-state index in [-0.39, 0.29) is 30.4 Å². The Morgan fingerprint density at radius 1 is 1.33 bits per heavy atom. The zero-order chi connectivity index (χ0) is 19.2. The van der Waals surface area contributed by atoms with Crippen LogP contribution < -0.4 is 5.32 Å². The van der Waals surface area contributed by atoms with E-state index in [0.29, 0.717) is 38.3 Å². The molecule has 3 rings (SSSR count). The van der Waals surface area contributed by atoms with Crippen LogP contribution in [0.2, 0.25) is 0 Å². The third-order valence-corrected chi connectivity index (χ3v) is 4.98. The number of amides is 2. The maximum absolute atomic E-state index is 12.7. The maximum atomic E-state index is 12.7. The number of hydrogen-bond donors (Lipinski definition) is 1. The molecule has 8 nitrogen and oxygen atoms in total. The van der Waals surface area contributed by atoms with Crippen LogP contribution in [0.5, 0.6) is 0 Å². The van der Waals surface area contributed by atoms with Crippen LogP contribution in [-0.2, 0) is 14.3 Å². The van der Waals surface area contributed by atoms with E-state index in [0.717, 1.165) is 12.1 Å². The van der Waals surface area contributed by atoms with Gasteiger partial charge < -0.3 is 15.0 Å². The molecule has 0 unspecified atom stereocenters. The van der Waals surface area contributed by atoms with E-state index in [9.17, 15) is 9.59 Å². The third kappa shape index (κ3) is 4.63. The molecule has 0 bridgehead atoms. The Labute approximate surface area is 158 Å². The van der Waals surface area contributed by atoms with Gasteiger partial charge in [-0.15, -0.1) is 0 Å². The molecule has 2 aromatic rings. The highest BCUT2D eigenvalue weighted by Crippen LogP contribution is 2.21. The van der Waals surface area contributed by atoms with Crippen molar-refractivity contribution < 1.29 is 14.3 Å². The number of hydrogen-bond acceptors (Lipinski definition) is 5. The zero-order valence-corrected chi connectivity index (χ0v) is 15.9. The maximum Gasteiger partial charge on any atom is 0.248 e. The number of imidazole rings is 1. The van der Waals surface area contributed by atoms with E-state index >= 15 is 0 Å². The lowest BCUT2D eigenvalue weighted by molar-refractivity contribution is -0.139. The largest absolute Gasteiger partial charge is 0.372 e. The van der Waals surface area contributed by atoms with Crippen molar-refractivity contribution in [3.8, 4) is 0 Å². The minimum atomic E-state index is -0.142. The van der Waals surface area contributed by atoms with Gasteiger partial charge in [0, 0.05) is 44.2 Å². The van der Waals surface area contributed by atoms with Crippen molar-refractivity contribution in [2.45, 2.75) is 39.2 Å². The van der Waals surface area contributed by atoms with Gasteiger partial charge in [-0.2, -0.15) is 0 Å². The molecule has 1 N–H and O–H groups in total. The van der Waals surface area contributed by atoms with Crippen LogP contribution >= 0.6 is 0 Å². The molecule has 0 spiro atoms. The zero-order valence-electron chi connectivity index (χ0n) is 15.9. The standard InChI is InChI=1S/C19H27N5O3/c1-3-15(16-12-24-9-5-8-20-19(24)22-16)21-18(26)14-6-10-23(11-7-14)17(25)13-27-4-2/h5,8-9,12,14-15H,3-4,6-7,10-11,13H2,1-2H3,(H,21,26)/t15-/m1/s1. The van der Waals surface area contributed by atoms with E-state index in [1.807, 2.05) is 36.7 Å². The SMILES string of the molecule is CCOCC(=O)N1CCC(C(=O)N[C@H](CC)c2cn3cccnc3n2)CC1. The Morgan fingerprint density at radius 2 is 2.11 bits per heavy atom. The second kappa shape index (κ2) is 8.94. The third-order valence-electron chi connectivity index (χ3n) is 4.98. The second-order valence-corrected chi connectivity index (χ2v) is 6.75. The van der Waals surface area contributed by atoms with Crippen LogP contribution in [0.4, 0.5) is 0 Å². The van der Waals surface area contributed by atoms with Crippen molar-refractivity contribution >= 4 is 17.6 Å². The van der Waals surface area contributed by atoms with Crippen molar-refractivity contribution in [3.63, 3.8) is 0 Å². The number of ether oxygens (including phenoxy) is 1. The van der Waals surface area contributed by atoms with Crippen molar-refractivity contribution in [2.24, 2.45) is 5.92 Å². The number of piperidine rings is 1. The van der Waals surface area contributed by atoms with Gasteiger partial charge in [0.2, 0.25) is 17.6 Å². The number of nitrogens with zero attached hydrogens (tertiary/aromatic N) is 4. The van der Waals surface area contributed by atoms with E-state index in [1.54, 1.807) is 11.1 Å². The Hall–Kier alpha value is -2.48. The molecule has 0 radical (unpaired) electrons. The van der Waals surface area contributed by atoms with Crippen LogP contribution in [0.25, 0.3) is 5.78 Å². The fraction of sp³-hybridized carbons (Fsp3) is 0.579. The average Bonchev–Trinajstić information content (AvgIpc) is 3.14. The van der Waals surface area contributed by atoms with Crippen molar-refractivity contribution in [3.05, 3.63) is 30.4 Å². The van der Waals surface area contributed by atoms with Crippen LogP contribution in [0.1, 0.15) is 44.8 Å². The highest BCUT2D eigenvalue weighted by molar-refractivity contribution is 5.80. The van der Waals surface area contributed by atoms with Gasteiger partial charge in [-0.3, -0.25) is 14.0 Å². The molecule has 27 heavy (non-hydrogen) atoms. The number of nitrogens with one attached hydrogen (secondary N) is 1. The van der Waals surface area contributed by atoms with Crippen molar-refractivity contribution in [1.29, 1.82) is 0 Å². The second-order valence-electron chi connectivity index (χ2n) is 6.75. The van der Waals surface area contributed by atoms with Gasteiger partial charge in [0.25, 0.3) is 0 Å². The van der Waals surface area contributed by atoms with Gasteiger partial charge in [-0.25, -0.2) is 9.97 Å². The molecule has 1 aliphatic heterocycles. The number of rotatable bonds is 7. The van der Waals surface area contributed by atoms with Crippen LogP contribution in [0, 0.1) is 5.92 Å². The monoisotopic (exact) mass is 373 g/mol.